The number of hydrogen-bond donors (Lipinski definition) is 0. The van der Waals surface area contributed by atoms with Gasteiger partial charge in [0.15, 0.2) is 0 Å². The van der Waals surface area contributed by atoms with E-state index in [4.69, 9.17) is 0 Å². The minimum absolute atomic E-state index is 0.458. The zero-order valence-corrected chi connectivity index (χ0v) is 6.76. The van der Waals surface area contributed by atoms with Crippen LogP contribution in [0.3, 0.4) is 0 Å². The number of esters is 2. The molecular weight excluding hydrogens is 205 g/mol. The molecule has 0 radical (unpaired) electrons. The van der Waals surface area contributed by atoms with Crippen LogP contribution in [0, 0.1) is 5.92 Å². The highest BCUT2D eigenvalue weighted by molar-refractivity contribution is 5.98. The minimum Gasteiger partial charge on any atom is -0.393 e. The van der Waals surface area contributed by atoms with E-state index in [9.17, 15) is 27.6 Å². The first kappa shape index (κ1) is 10.7. The van der Waals surface area contributed by atoms with E-state index < -0.39 is 42.7 Å². The van der Waals surface area contributed by atoms with E-state index in [2.05, 4.69) is 4.74 Å². The third-order valence-electron chi connectivity index (χ3n) is 1.71. The van der Waals surface area contributed by atoms with Gasteiger partial charge in [-0.15, -0.1) is 0 Å². The molecule has 0 bridgehead atoms. The van der Waals surface area contributed by atoms with Gasteiger partial charge in [-0.25, -0.2) is 0 Å². The first-order valence-electron chi connectivity index (χ1n) is 3.65. The van der Waals surface area contributed by atoms with Crippen LogP contribution in [0.25, 0.3) is 0 Å². The highest BCUT2D eigenvalue weighted by atomic mass is 19.4. The van der Waals surface area contributed by atoms with Gasteiger partial charge in [-0.05, 0) is 0 Å². The van der Waals surface area contributed by atoms with Crippen molar-refractivity contribution in [2.24, 2.45) is 5.92 Å². The Morgan fingerprint density at radius 1 is 1.43 bits per heavy atom. The molecular formula is C7H5F3O4. The molecule has 0 aromatic heterocycles. The highest BCUT2D eigenvalue weighted by Crippen LogP contribution is 2.25. The first-order chi connectivity index (χ1) is 6.30. The number of ether oxygens (including phenoxy) is 1. The normalized spacial score (nSPS) is 22.4. The largest absolute Gasteiger partial charge is 0.449 e. The van der Waals surface area contributed by atoms with Gasteiger partial charge in [-0.2, -0.15) is 13.2 Å². The third-order valence-corrected chi connectivity index (χ3v) is 1.71. The topological polar surface area (TPSA) is 60.4 Å². The summed E-state index contributed by atoms with van der Waals surface area (Å²) in [6, 6.07) is 0. The molecule has 4 nitrogen and oxygen atoms in total. The van der Waals surface area contributed by atoms with Crippen molar-refractivity contribution >= 4 is 17.7 Å². The number of halogens is 3. The van der Waals surface area contributed by atoms with Crippen molar-refractivity contribution < 1.29 is 32.3 Å². The molecule has 0 N–H and O–H groups in total. The van der Waals surface area contributed by atoms with Crippen molar-refractivity contribution in [3.63, 3.8) is 0 Å². The molecule has 1 rings (SSSR count). The molecule has 0 amide bonds. The smallest absolute Gasteiger partial charge is 0.393 e. The Hall–Kier alpha value is -1.40. The summed E-state index contributed by atoms with van der Waals surface area (Å²) in [6.45, 7) is 0. The van der Waals surface area contributed by atoms with Gasteiger partial charge >= 0.3 is 18.1 Å². The summed E-state index contributed by atoms with van der Waals surface area (Å²) in [6.07, 6.45) is -6.44. The number of rotatable bonds is 2. The summed E-state index contributed by atoms with van der Waals surface area (Å²) < 4.78 is 39.2. The Morgan fingerprint density at radius 3 is 2.36 bits per heavy atom. The molecule has 14 heavy (non-hydrogen) atoms. The minimum atomic E-state index is -4.97. The molecule has 1 saturated heterocycles. The van der Waals surface area contributed by atoms with Gasteiger partial charge in [-0.3, -0.25) is 14.4 Å². The maximum Gasteiger partial charge on any atom is 0.449 e. The fraction of sp³-hybridized carbons (Fsp3) is 0.571. The molecule has 0 aromatic rings. The molecule has 1 atom stereocenters. The number of Topliss-reactive ketones (excluding diaryl/α,β-unsaturated/α-hetero) is 1. The lowest BCUT2D eigenvalue weighted by Crippen LogP contribution is -2.26. The lowest BCUT2D eigenvalue weighted by atomic mass is 10.0. The van der Waals surface area contributed by atoms with E-state index in [0.717, 1.165) is 0 Å². The molecule has 1 fully saturated rings. The van der Waals surface area contributed by atoms with Crippen molar-refractivity contribution in [2.75, 3.05) is 0 Å². The number of hydrogen-bond acceptors (Lipinski definition) is 4. The monoisotopic (exact) mass is 210 g/mol. The standard InChI is InChI=1S/C7H5F3O4/c8-7(9,10)4(11)1-3-2-5(12)14-6(3)13/h3H,1-2H2/t3-/m0/s1. The molecule has 0 aromatic carbocycles. The average molecular weight is 210 g/mol. The van der Waals surface area contributed by atoms with E-state index in [1.807, 2.05) is 0 Å². The Bertz CT molecular complexity index is 294. The zero-order valence-electron chi connectivity index (χ0n) is 6.76. The predicted molar refractivity (Wildman–Crippen MR) is 34.9 cm³/mol. The van der Waals surface area contributed by atoms with Crippen molar-refractivity contribution in [2.45, 2.75) is 19.0 Å². The number of carbonyl (C=O) groups is 3. The molecule has 78 valence electrons. The quantitative estimate of drug-likeness (QED) is 0.494. The molecule has 0 saturated carbocycles. The van der Waals surface area contributed by atoms with Crippen LogP contribution in [0.5, 0.6) is 0 Å². The SMILES string of the molecule is O=C1C[C@H](CC(=O)C(F)(F)F)C(=O)O1. The van der Waals surface area contributed by atoms with Crippen molar-refractivity contribution in [1.29, 1.82) is 0 Å². The first-order valence-corrected chi connectivity index (χ1v) is 3.65. The van der Waals surface area contributed by atoms with Crippen LogP contribution in [-0.4, -0.2) is 23.9 Å². The average Bonchev–Trinajstić information content (AvgIpc) is 2.28. The van der Waals surface area contributed by atoms with Crippen molar-refractivity contribution in [3.8, 4) is 0 Å². The summed E-state index contributed by atoms with van der Waals surface area (Å²) in [4.78, 5) is 31.6. The fourth-order valence-electron chi connectivity index (χ4n) is 1.02. The van der Waals surface area contributed by atoms with Crippen LogP contribution in [0.2, 0.25) is 0 Å². The van der Waals surface area contributed by atoms with Gasteiger partial charge < -0.3 is 4.74 Å². The molecule has 0 spiro atoms. The number of carbonyl (C=O) groups excluding carboxylic acids is 3. The predicted octanol–water partition coefficient (Wildman–Crippen LogP) is 0.598. The second kappa shape index (κ2) is 3.39. The molecule has 0 aliphatic carbocycles. The van der Waals surface area contributed by atoms with E-state index >= 15 is 0 Å². The van der Waals surface area contributed by atoms with Gasteiger partial charge in [0, 0.05) is 6.42 Å². The Morgan fingerprint density at radius 2 is 2.00 bits per heavy atom. The van der Waals surface area contributed by atoms with Gasteiger partial charge in [0.05, 0.1) is 12.3 Å². The number of cyclic esters (lactones) is 2. The van der Waals surface area contributed by atoms with E-state index in [1.165, 1.54) is 0 Å². The Labute approximate surface area is 76.0 Å². The van der Waals surface area contributed by atoms with Gasteiger partial charge in [0.2, 0.25) is 5.78 Å². The van der Waals surface area contributed by atoms with Gasteiger partial charge in [0.1, 0.15) is 0 Å². The second-order valence-electron chi connectivity index (χ2n) is 2.82. The van der Waals surface area contributed by atoms with Crippen LogP contribution in [0.4, 0.5) is 13.2 Å². The summed E-state index contributed by atoms with van der Waals surface area (Å²) in [5.41, 5.74) is 0. The summed E-state index contributed by atoms with van der Waals surface area (Å²) in [7, 11) is 0. The molecule has 1 heterocycles. The zero-order chi connectivity index (χ0) is 10.9. The molecule has 1 aliphatic rings. The van der Waals surface area contributed by atoms with E-state index in [1.54, 1.807) is 0 Å². The van der Waals surface area contributed by atoms with Crippen LogP contribution in [-0.2, 0) is 19.1 Å². The highest BCUT2D eigenvalue weighted by Gasteiger charge is 2.43. The van der Waals surface area contributed by atoms with Crippen LogP contribution in [0.1, 0.15) is 12.8 Å². The van der Waals surface area contributed by atoms with Gasteiger partial charge in [-0.1, -0.05) is 0 Å². The maximum absolute atomic E-state index is 11.7. The third kappa shape index (κ3) is 2.30. The van der Waals surface area contributed by atoms with Crippen LogP contribution >= 0.6 is 0 Å². The molecule has 7 heteroatoms. The Kier molecular flexibility index (Phi) is 2.59. The second-order valence-corrected chi connectivity index (χ2v) is 2.82. The lowest BCUT2D eigenvalue weighted by molar-refractivity contribution is -0.172. The fourth-order valence-corrected chi connectivity index (χ4v) is 1.02. The maximum atomic E-state index is 11.7. The van der Waals surface area contributed by atoms with Crippen molar-refractivity contribution in [3.05, 3.63) is 0 Å². The van der Waals surface area contributed by atoms with Crippen LogP contribution in [0.15, 0.2) is 0 Å². The molecule has 1 aliphatic heterocycles. The van der Waals surface area contributed by atoms with Gasteiger partial charge in [0.25, 0.3) is 0 Å². The van der Waals surface area contributed by atoms with E-state index in [-0.39, 0.29) is 0 Å². The van der Waals surface area contributed by atoms with Crippen molar-refractivity contribution in [1.82, 2.24) is 0 Å². The van der Waals surface area contributed by atoms with E-state index in [0.29, 0.717) is 0 Å². The molecule has 0 unspecified atom stereocenters. The summed E-state index contributed by atoms with van der Waals surface area (Å²) in [5, 5.41) is 0. The Balaban J connectivity index is 2.58. The summed E-state index contributed by atoms with van der Waals surface area (Å²) in [5.74, 6) is -5.26. The lowest BCUT2D eigenvalue weighted by Gasteiger charge is -2.06. The number of alkyl halides is 3. The van der Waals surface area contributed by atoms with Crippen LogP contribution < -0.4 is 0 Å². The summed E-state index contributed by atoms with van der Waals surface area (Å²) >= 11 is 0. The number of ketones is 1.